The molecule has 2 nitrogen and oxygen atoms in total. The number of nitrogens with zero attached hydrogens (tertiary/aromatic N) is 1. The third-order valence-corrected chi connectivity index (χ3v) is 3.57. The van der Waals surface area contributed by atoms with Crippen LogP contribution in [0.2, 0.25) is 0 Å². The maximum Gasteiger partial charge on any atom is 0.126 e. The van der Waals surface area contributed by atoms with E-state index in [0.29, 0.717) is 12.1 Å². The van der Waals surface area contributed by atoms with Gasteiger partial charge in [-0.05, 0) is 43.6 Å². The lowest BCUT2D eigenvalue weighted by Gasteiger charge is -2.30. The van der Waals surface area contributed by atoms with Crippen LogP contribution in [0.25, 0.3) is 0 Å². The van der Waals surface area contributed by atoms with Gasteiger partial charge in [0.15, 0.2) is 0 Å². The molecule has 0 aliphatic carbocycles. The van der Waals surface area contributed by atoms with Crippen LogP contribution in [-0.2, 0) is 0 Å². The van der Waals surface area contributed by atoms with E-state index in [-0.39, 0.29) is 5.92 Å². The summed E-state index contributed by atoms with van der Waals surface area (Å²) in [6.45, 7) is 3.33. The molecule has 18 heavy (non-hydrogen) atoms. The Morgan fingerprint density at radius 3 is 2.22 bits per heavy atom. The largest absolute Gasteiger partial charge is 0.330 e. The van der Waals surface area contributed by atoms with Gasteiger partial charge in [-0.25, -0.2) is 8.78 Å². The minimum Gasteiger partial charge on any atom is -0.330 e. The summed E-state index contributed by atoms with van der Waals surface area (Å²) in [6.07, 6.45) is 3.68. The first-order chi connectivity index (χ1) is 8.69. The van der Waals surface area contributed by atoms with Crippen LogP contribution in [0.1, 0.15) is 30.7 Å². The molecule has 0 bridgehead atoms. The van der Waals surface area contributed by atoms with Crippen LogP contribution in [0.5, 0.6) is 0 Å². The zero-order chi connectivity index (χ0) is 13.0. The molecule has 1 unspecified atom stereocenters. The molecular formula is C14H20F2N2. The lowest BCUT2D eigenvalue weighted by atomic mass is 9.97. The van der Waals surface area contributed by atoms with Gasteiger partial charge in [0.1, 0.15) is 11.6 Å². The van der Waals surface area contributed by atoms with Gasteiger partial charge in [0.2, 0.25) is 0 Å². The van der Waals surface area contributed by atoms with Gasteiger partial charge in [0, 0.05) is 25.1 Å². The van der Waals surface area contributed by atoms with Gasteiger partial charge in [-0.15, -0.1) is 0 Å². The molecule has 1 fully saturated rings. The van der Waals surface area contributed by atoms with E-state index >= 15 is 0 Å². The van der Waals surface area contributed by atoms with Crippen molar-refractivity contribution in [3.05, 3.63) is 35.4 Å². The van der Waals surface area contributed by atoms with Crippen molar-refractivity contribution in [2.45, 2.75) is 25.2 Å². The van der Waals surface area contributed by atoms with Crippen molar-refractivity contribution >= 4 is 0 Å². The number of halogens is 2. The Morgan fingerprint density at radius 1 is 1.06 bits per heavy atom. The van der Waals surface area contributed by atoms with Crippen molar-refractivity contribution < 1.29 is 8.78 Å². The van der Waals surface area contributed by atoms with Crippen LogP contribution in [0.3, 0.4) is 0 Å². The number of hydrogen-bond donors (Lipinski definition) is 1. The molecule has 0 aromatic heterocycles. The summed E-state index contributed by atoms with van der Waals surface area (Å²) in [6, 6.07) is 3.69. The summed E-state index contributed by atoms with van der Waals surface area (Å²) >= 11 is 0. The molecule has 0 radical (unpaired) electrons. The zero-order valence-electron chi connectivity index (χ0n) is 10.5. The Bertz CT molecular complexity index is 369. The molecule has 1 aliphatic rings. The fourth-order valence-electron chi connectivity index (χ4n) is 2.58. The van der Waals surface area contributed by atoms with E-state index in [1.165, 1.54) is 31.4 Å². The van der Waals surface area contributed by atoms with E-state index in [1.54, 1.807) is 0 Å². The minimum absolute atomic E-state index is 0.00769. The van der Waals surface area contributed by atoms with Gasteiger partial charge in [0.05, 0.1) is 0 Å². The normalized spacial score (nSPS) is 18.8. The number of hydrogen-bond acceptors (Lipinski definition) is 2. The molecule has 0 amide bonds. The fraction of sp³-hybridized carbons (Fsp3) is 0.571. The predicted octanol–water partition coefficient (Wildman–Crippen LogP) is 2.49. The van der Waals surface area contributed by atoms with Gasteiger partial charge in [0.25, 0.3) is 0 Å². The first-order valence-electron chi connectivity index (χ1n) is 6.57. The van der Waals surface area contributed by atoms with Gasteiger partial charge < -0.3 is 10.6 Å². The summed E-state index contributed by atoms with van der Waals surface area (Å²) in [5.41, 5.74) is 6.42. The van der Waals surface area contributed by atoms with Crippen molar-refractivity contribution in [3.63, 3.8) is 0 Å². The lowest BCUT2D eigenvalue weighted by molar-refractivity contribution is 0.216. The summed E-state index contributed by atoms with van der Waals surface area (Å²) in [7, 11) is 0. The van der Waals surface area contributed by atoms with Crippen LogP contribution in [0.4, 0.5) is 8.78 Å². The fourth-order valence-corrected chi connectivity index (χ4v) is 2.58. The standard InChI is InChI=1S/C14H20F2N2/c15-13-6-11(7-14(16)8-13)12(9-17)10-18-4-2-1-3-5-18/h6-8,12H,1-5,9-10,17H2. The molecule has 1 atom stereocenters. The third-order valence-electron chi connectivity index (χ3n) is 3.57. The smallest absolute Gasteiger partial charge is 0.126 e. The van der Waals surface area contributed by atoms with E-state index in [4.69, 9.17) is 5.73 Å². The minimum atomic E-state index is -0.526. The Hall–Kier alpha value is -1.00. The molecular weight excluding hydrogens is 234 g/mol. The number of piperidine rings is 1. The van der Waals surface area contributed by atoms with Crippen molar-refractivity contribution in [2.24, 2.45) is 5.73 Å². The maximum atomic E-state index is 13.2. The average molecular weight is 254 g/mol. The number of nitrogens with two attached hydrogens (primary N) is 1. The molecule has 1 heterocycles. The molecule has 0 saturated carbocycles. The summed E-state index contributed by atoms with van der Waals surface area (Å²) in [5.74, 6) is -1.04. The quantitative estimate of drug-likeness (QED) is 0.894. The Morgan fingerprint density at radius 2 is 1.67 bits per heavy atom. The summed E-state index contributed by atoms with van der Waals surface area (Å²) in [5, 5.41) is 0. The van der Waals surface area contributed by atoms with E-state index in [9.17, 15) is 8.78 Å². The highest BCUT2D eigenvalue weighted by atomic mass is 19.1. The number of rotatable bonds is 4. The maximum absolute atomic E-state index is 13.2. The van der Waals surface area contributed by atoms with E-state index < -0.39 is 11.6 Å². The summed E-state index contributed by atoms with van der Waals surface area (Å²) < 4.78 is 26.4. The molecule has 0 spiro atoms. The zero-order valence-corrected chi connectivity index (χ0v) is 10.5. The van der Waals surface area contributed by atoms with Crippen LogP contribution in [0, 0.1) is 11.6 Å². The molecule has 1 aromatic rings. The molecule has 100 valence electrons. The predicted molar refractivity (Wildman–Crippen MR) is 68.4 cm³/mol. The molecule has 2 rings (SSSR count). The summed E-state index contributed by atoms with van der Waals surface area (Å²) in [4.78, 5) is 2.34. The van der Waals surface area contributed by atoms with Crippen LogP contribution < -0.4 is 5.73 Å². The highest BCUT2D eigenvalue weighted by Crippen LogP contribution is 2.20. The average Bonchev–Trinajstić information content (AvgIpc) is 2.36. The molecule has 4 heteroatoms. The van der Waals surface area contributed by atoms with E-state index in [1.807, 2.05) is 0 Å². The van der Waals surface area contributed by atoms with Crippen LogP contribution >= 0.6 is 0 Å². The SMILES string of the molecule is NCC(CN1CCCCC1)c1cc(F)cc(F)c1. The molecule has 1 aliphatic heterocycles. The molecule has 1 aromatic carbocycles. The van der Waals surface area contributed by atoms with Crippen molar-refractivity contribution in [1.82, 2.24) is 4.90 Å². The highest BCUT2D eigenvalue weighted by molar-refractivity contribution is 5.22. The van der Waals surface area contributed by atoms with Crippen molar-refractivity contribution in [3.8, 4) is 0 Å². The topological polar surface area (TPSA) is 29.3 Å². The van der Waals surface area contributed by atoms with Crippen LogP contribution in [0.15, 0.2) is 18.2 Å². The lowest BCUT2D eigenvalue weighted by Crippen LogP contribution is -2.35. The second-order valence-electron chi connectivity index (χ2n) is 5.00. The second-order valence-corrected chi connectivity index (χ2v) is 5.00. The number of benzene rings is 1. The molecule has 1 saturated heterocycles. The van der Waals surface area contributed by atoms with Gasteiger partial charge in [-0.3, -0.25) is 0 Å². The van der Waals surface area contributed by atoms with Gasteiger partial charge >= 0.3 is 0 Å². The Kier molecular flexibility index (Phi) is 4.66. The van der Waals surface area contributed by atoms with Crippen LogP contribution in [-0.4, -0.2) is 31.1 Å². The number of likely N-dealkylation sites (tertiary alicyclic amines) is 1. The van der Waals surface area contributed by atoms with Gasteiger partial charge in [-0.2, -0.15) is 0 Å². The third kappa shape index (κ3) is 3.50. The van der Waals surface area contributed by atoms with E-state index in [0.717, 1.165) is 25.7 Å². The molecule has 2 N–H and O–H groups in total. The second kappa shape index (κ2) is 6.25. The van der Waals surface area contributed by atoms with Gasteiger partial charge in [-0.1, -0.05) is 6.42 Å². The van der Waals surface area contributed by atoms with Crippen molar-refractivity contribution in [1.29, 1.82) is 0 Å². The first-order valence-corrected chi connectivity index (χ1v) is 6.57. The highest BCUT2D eigenvalue weighted by Gasteiger charge is 2.18. The Balaban J connectivity index is 2.06. The monoisotopic (exact) mass is 254 g/mol. The van der Waals surface area contributed by atoms with E-state index in [2.05, 4.69) is 4.90 Å². The Labute approximate surface area is 107 Å². The van der Waals surface area contributed by atoms with Crippen molar-refractivity contribution in [2.75, 3.05) is 26.2 Å². The first kappa shape index (κ1) is 13.4.